The van der Waals surface area contributed by atoms with Crippen molar-refractivity contribution >= 4 is 5.91 Å². The molecule has 4 heteroatoms. The number of rotatable bonds is 3. The Morgan fingerprint density at radius 2 is 2.19 bits per heavy atom. The largest absolute Gasteiger partial charge is 0.348 e. The molecule has 0 bridgehead atoms. The Hall–Kier alpha value is -2.10. The molecule has 0 radical (unpaired) electrons. The number of nitrogens with one attached hydrogen (secondary N) is 1. The van der Waals surface area contributed by atoms with Crippen molar-refractivity contribution in [3.8, 4) is 0 Å². The van der Waals surface area contributed by atoms with Crippen LogP contribution in [0, 0.1) is 0 Å². The zero-order valence-electron chi connectivity index (χ0n) is 11.7. The fourth-order valence-corrected chi connectivity index (χ4v) is 2.89. The first kappa shape index (κ1) is 15.3. The van der Waals surface area contributed by atoms with E-state index in [0.717, 1.165) is 36.2 Å². The van der Waals surface area contributed by atoms with Gasteiger partial charge in [-0.3, -0.25) is 4.79 Å². The van der Waals surface area contributed by atoms with Crippen molar-refractivity contribution in [3.63, 3.8) is 0 Å². The second kappa shape index (κ2) is 6.57. The van der Waals surface area contributed by atoms with Gasteiger partial charge < -0.3 is 9.88 Å². The van der Waals surface area contributed by atoms with Gasteiger partial charge in [-0.15, -0.1) is 0 Å². The van der Waals surface area contributed by atoms with Crippen LogP contribution in [0.1, 0.15) is 44.6 Å². The Balaban J connectivity index is 0.00000121. The molecule has 0 spiro atoms. The van der Waals surface area contributed by atoms with Crippen LogP contribution < -0.4 is 0 Å². The summed E-state index contributed by atoms with van der Waals surface area (Å²) in [6, 6.07) is 10.1. The second-order valence-electron chi connectivity index (χ2n) is 5.39. The Bertz CT molecular complexity index is 597. The second-order valence-corrected chi connectivity index (χ2v) is 5.39. The molecule has 1 heterocycles. The van der Waals surface area contributed by atoms with Crippen LogP contribution >= 0.6 is 0 Å². The van der Waals surface area contributed by atoms with E-state index in [9.17, 15) is 4.79 Å². The van der Waals surface area contributed by atoms with E-state index < -0.39 is 0 Å². The van der Waals surface area contributed by atoms with Gasteiger partial charge in [0.1, 0.15) is 0 Å². The lowest BCUT2D eigenvalue weighted by Gasteiger charge is -2.26. The average Bonchev–Trinajstić information content (AvgIpc) is 2.96. The summed E-state index contributed by atoms with van der Waals surface area (Å²) >= 11 is 0. The summed E-state index contributed by atoms with van der Waals surface area (Å²) in [7, 11) is 1.87. The molecule has 1 N–H and O–H groups in total. The molecule has 0 saturated carbocycles. The first-order chi connectivity index (χ1) is 9.75. The smallest absolute Gasteiger partial charge is 0.231 e. The molecule has 0 fully saturated rings. The van der Waals surface area contributed by atoms with E-state index in [0.29, 0.717) is 6.54 Å². The number of hydrogen-bond donors (Lipinski definition) is 1. The average molecular weight is 287 g/mol. The number of carbonyl (C=O) groups excluding carboxylic acids is 1. The van der Waals surface area contributed by atoms with Crippen molar-refractivity contribution in [2.75, 3.05) is 7.05 Å². The molecular weight excluding hydrogens is 262 g/mol. The Kier molecular flexibility index (Phi) is 4.78. The van der Waals surface area contributed by atoms with E-state index in [4.69, 9.17) is 0 Å². The minimum absolute atomic E-state index is 0. The number of aromatic nitrogens is 2. The SMILES string of the molecule is C.CN(Cc1ccccc1)C(=O)C1CCCc2[nH]cnc21.[HH]. The van der Waals surface area contributed by atoms with Crippen molar-refractivity contribution in [2.45, 2.75) is 39.2 Å². The van der Waals surface area contributed by atoms with E-state index in [2.05, 4.69) is 9.97 Å². The van der Waals surface area contributed by atoms with Crippen LogP contribution in [0.3, 0.4) is 0 Å². The number of carbonyl (C=O) groups is 1. The van der Waals surface area contributed by atoms with Gasteiger partial charge in [0.15, 0.2) is 0 Å². The number of nitrogens with zero attached hydrogens (tertiary/aromatic N) is 2. The minimum atomic E-state index is -0.0845. The molecule has 0 saturated heterocycles. The van der Waals surface area contributed by atoms with Gasteiger partial charge in [-0.2, -0.15) is 0 Å². The summed E-state index contributed by atoms with van der Waals surface area (Å²) in [5.41, 5.74) is 3.23. The van der Waals surface area contributed by atoms with E-state index in [-0.39, 0.29) is 20.7 Å². The van der Waals surface area contributed by atoms with Crippen LogP contribution in [0.5, 0.6) is 0 Å². The van der Waals surface area contributed by atoms with Crippen molar-refractivity contribution in [1.29, 1.82) is 0 Å². The lowest BCUT2D eigenvalue weighted by Crippen LogP contribution is -2.33. The first-order valence-corrected chi connectivity index (χ1v) is 7.07. The highest BCUT2D eigenvalue weighted by molar-refractivity contribution is 5.83. The number of amides is 1. The highest BCUT2D eigenvalue weighted by Gasteiger charge is 2.30. The topological polar surface area (TPSA) is 49.0 Å². The van der Waals surface area contributed by atoms with E-state index >= 15 is 0 Å². The van der Waals surface area contributed by atoms with E-state index in [1.165, 1.54) is 0 Å². The summed E-state index contributed by atoms with van der Waals surface area (Å²) in [6.07, 6.45) is 4.65. The highest BCUT2D eigenvalue weighted by Crippen LogP contribution is 2.30. The van der Waals surface area contributed by atoms with Crippen LogP contribution in [0.2, 0.25) is 0 Å². The molecule has 114 valence electrons. The molecular formula is C17H25N3O. The fourth-order valence-electron chi connectivity index (χ4n) is 2.89. The van der Waals surface area contributed by atoms with Crippen LogP contribution in [-0.2, 0) is 17.8 Å². The number of benzene rings is 1. The molecule has 1 aromatic carbocycles. The van der Waals surface area contributed by atoms with E-state index in [1.807, 2.05) is 42.3 Å². The summed E-state index contributed by atoms with van der Waals surface area (Å²) in [5, 5.41) is 0. The zero-order valence-corrected chi connectivity index (χ0v) is 11.7. The standard InChI is InChI=1S/C16H19N3O.CH4.H2/c1-19(10-12-6-3-2-4-7-12)16(20)13-8-5-9-14-15(13)18-11-17-14;;/h2-4,6-7,11,13H,5,8-10H2,1H3,(H,17,18);1H4;1H. The molecule has 4 nitrogen and oxygen atoms in total. The Labute approximate surface area is 127 Å². The quantitative estimate of drug-likeness (QED) is 0.941. The third kappa shape index (κ3) is 3.15. The molecule has 1 atom stereocenters. The number of aryl methyl sites for hydroxylation is 1. The monoisotopic (exact) mass is 287 g/mol. The first-order valence-electron chi connectivity index (χ1n) is 7.07. The van der Waals surface area contributed by atoms with Gasteiger partial charge in [0.2, 0.25) is 5.91 Å². The zero-order chi connectivity index (χ0) is 13.9. The summed E-state index contributed by atoms with van der Waals surface area (Å²) in [4.78, 5) is 21.9. The third-order valence-corrected chi connectivity index (χ3v) is 3.94. The predicted molar refractivity (Wildman–Crippen MR) is 86.0 cm³/mol. The minimum Gasteiger partial charge on any atom is -0.348 e. The molecule has 3 rings (SSSR count). The molecule has 21 heavy (non-hydrogen) atoms. The van der Waals surface area contributed by atoms with Crippen LogP contribution in [0.25, 0.3) is 0 Å². The van der Waals surface area contributed by atoms with Gasteiger partial charge in [0.25, 0.3) is 0 Å². The maximum Gasteiger partial charge on any atom is 0.231 e. The molecule has 1 amide bonds. The predicted octanol–water partition coefficient (Wildman–Crippen LogP) is 3.37. The highest BCUT2D eigenvalue weighted by atomic mass is 16.2. The fraction of sp³-hybridized carbons (Fsp3) is 0.412. The molecule has 1 aliphatic carbocycles. The van der Waals surface area contributed by atoms with Crippen molar-refractivity contribution in [3.05, 3.63) is 53.6 Å². The Morgan fingerprint density at radius 1 is 1.43 bits per heavy atom. The van der Waals surface area contributed by atoms with Gasteiger partial charge in [-0.1, -0.05) is 37.8 Å². The number of hydrogen-bond acceptors (Lipinski definition) is 2. The number of fused-ring (bicyclic) bond motifs is 1. The van der Waals surface area contributed by atoms with Crippen molar-refractivity contribution < 1.29 is 6.22 Å². The molecule has 2 aromatic rings. The molecule has 0 aliphatic heterocycles. The number of likely N-dealkylation sites (N-methyl/N-ethyl adjacent to an activating group) is 1. The third-order valence-electron chi connectivity index (χ3n) is 3.94. The van der Waals surface area contributed by atoms with Crippen LogP contribution in [0.15, 0.2) is 36.7 Å². The summed E-state index contributed by atoms with van der Waals surface area (Å²) in [6.45, 7) is 0.649. The summed E-state index contributed by atoms with van der Waals surface area (Å²) in [5.74, 6) is 0.0839. The number of aromatic amines is 1. The maximum absolute atomic E-state index is 12.6. The molecule has 1 aromatic heterocycles. The maximum atomic E-state index is 12.6. The van der Waals surface area contributed by atoms with Gasteiger partial charge >= 0.3 is 0 Å². The number of imidazole rings is 1. The van der Waals surface area contributed by atoms with Crippen LogP contribution in [0.4, 0.5) is 0 Å². The van der Waals surface area contributed by atoms with Crippen LogP contribution in [-0.4, -0.2) is 27.8 Å². The van der Waals surface area contributed by atoms with Crippen molar-refractivity contribution in [2.24, 2.45) is 0 Å². The summed E-state index contributed by atoms with van der Waals surface area (Å²) < 4.78 is 0. The lowest BCUT2D eigenvalue weighted by atomic mass is 9.89. The van der Waals surface area contributed by atoms with Gasteiger partial charge in [-0.25, -0.2) is 4.98 Å². The normalized spacial score (nSPS) is 16.7. The van der Waals surface area contributed by atoms with Crippen molar-refractivity contribution in [1.82, 2.24) is 14.9 Å². The number of H-pyrrole nitrogens is 1. The van der Waals surface area contributed by atoms with Gasteiger partial charge in [0, 0.05) is 20.7 Å². The molecule has 1 aliphatic rings. The van der Waals surface area contributed by atoms with Gasteiger partial charge in [0.05, 0.1) is 17.9 Å². The lowest BCUT2D eigenvalue weighted by molar-refractivity contribution is -0.132. The van der Waals surface area contributed by atoms with E-state index in [1.54, 1.807) is 6.33 Å². The Morgan fingerprint density at radius 3 is 2.95 bits per heavy atom. The van der Waals surface area contributed by atoms with Gasteiger partial charge in [-0.05, 0) is 24.8 Å². The molecule has 1 unspecified atom stereocenters.